The van der Waals surface area contributed by atoms with Crippen molar-refractivity contribution >= 4 is 27.0 Å². The second kappa shape index (κ2) is 9.70. The van der Waals surface area contributed by atoms with Gasteiger partial charge in [0.05, 0.1) is 10.4 Å². The summed E-state index contributed by atoms with van der Waals surface area (Å²) >= 11 is 0. The van der Waals surface area contributed by atoms with Crippen molar-refractivity contribution in [3.05, 3.63) is 64.6 Å². The van der Waals surface area contributed by atoms with Crippen molar-refractivity contribution in [2.45, 2.75) is 62.6 Å². The van der Waals surface area contributed by atoms with Crippen LogP contribution in [-0.2, 0) is 27.9 Å². The SMILES string of the molecule is O=C(Cn1c(=O)oc2cc(S(=O)(=O)NCc3ccccc3)ccc21)NC1CCCCCC1. The van der Waals surface area contributed by atoms with Gasteiger partial charge in [0.25, 0.3) is 0 Å². The van der Waals surface area contributed by atoms with Crippen LogP contribution in [-0.4, -0.2) is 24.9 Å². The first-order chi connectivity index (χ1) is 15.4. The van der Waals surface area contributed by atoms with Gasteiger partial charge in [-0.25, -0.2) is 17.9 Å². The zero-order valence-corrected chi connectivity index (χ0v) is 18.6. The largest absolute Gasteiger partial charge is 0.420 e. The summed E-state index contributed by atoms with van der Waals surface area (Å²) in [5, 5.41) is 3.01. The summed E-state index contributed by atoms with van der Waals surface area (Å²) in [5.41, 5.74) is 1.34. The first kappa shape index (κ1) is 22.3. The third-order valence-corrected chi connectivity index (χ3v) is 7.18. The molecule has 9 heteroatoms. The number of rotatable bonds is 7. The zero-order chi connectivity index (χ0) is 22.6. The molecule has 2 N–H and O–H groups in total. The maximum atomic E-state index is 12.7. The molecule has 1 fully saturated rings. The molecule has 4 rings (SSSR count). The second-order valence-corrected chi connectivity index (χ2v) is 9.92. The molecule has 3 aromatic rings. The predicted molar refractivity (Wildman–Crippen MR) is 121 cm³/mol. The van der Waals surface area contributed by atoms with E-state index in [-0.39, 0.29) is 35.5 Å². The fourth-order valence-electron chi connectivity index (χ4n) is 4.06. The number of benzene rings is 2. The molecule has 0 atom stereocenters. The van der Waals surface area contributed by atoms with Gasteiger partial charge in [0, 0.05) is 18.7 Å². The molecule has 1 heterocycles. The fourth-order valence-corrected chi connectivity index (χ4v) is 5.09. The minimum atomic E-state index is -3.80. The van der Waals surface area contributed by atoms with Gasteiger partial charge in [0.2, 0.25) is 15.9 Å². The van der Waals surface area contributed by atoms with Crippen LogP contribution in [0, 0.1) is 0 Å². The maximum Gasteiger partial charge on any atom is 0.420 e. The van der Waals surface area contributed by atoms with Crippen molar-refractivity contribution < 1.29 is 17.6 Å². The van der Waals surface area contributed by atoms with Crippen LogP contribution in [0.1, 0.15) is 44.1 Å². The Morgan fingerprint density at radius 3 is 2.47 bits per heavy atom. The molecule has 0 aliphatic heterocycles. The lowest BCUT2D eigenvalue weighted by Gasteiger charge is -2.16. The van der Waals surface area contributed by atoms with Gasteiger partial charge in [0.1, 0.15) is 6.54 Å². The topological polar surface area (TPSA) is 110 Å². The van der Waals surface area contributed by atoms with E-state index in [0.29, 0.717) is 5.52 Å². The summed E-state index contributed by atoms with van der Waals surface area (Å²) < 4.78 is 34.3. The summed E-state index contributed by atoms with van der Waals surface area (Å²) in [6, 6.07) is 13.5. The maximum absolute atomic E-state index is 12.7. The van der Waals surface area contributed by atoms with E-state index in [1.165, 1.54) is 35.6 Å². The first-order valence-corrected chi connectivity index (χ1v) is 12.4. The Morgan fingerprint density at radius 2 is 1.75 bits per heavy atom. The number of aromatic nitrogens is 1. The van der Waals surface area contributed by atoms with E-state index < -0.39 is 15.8 Å². The predicted octanol–water partition coefficient (Wildman–Crippen LogP) is 2.91. The number of carbonyl (C=O) groups excluding carboxylic acids is 1. The molecule has 0 unspecified atom stereocenters. The standard InChI is InChI=1S/C23H27N3O5S/c27-22(25-18-10-6-1-2-7-11-18)16-26-20-13-12-19(14-21(20)31-23(26)28)32(29,30)24-15-17-8-4-3-5-9-17/h3-5,8-9,12-14,18,24H,1-2,6-7,10-11,15-16H2,(H,25,27). The van der Waals surface area contributed by atoms with Crippen LogP contribution in [0.5, 0.6) is 0 Å². The van der Waals surface area contributed by atoms with Crippen molar-refractivity contribution in [1.82, 2.24) is 14.6 Å². The lowest BCUT2D eigenvalue weighted by atomic mass is 10.1. The van der Waals surface area contributed by atoms with Gasteiger partial charge in [-0.1, -0.05) is 56.0 Å². The normalized spacial score (nSPS) is 15.5. The number of fused-ring (bicyclic) bond motifs is 1. The molecular formula is C23H27N3O5S. The highest BCUT2D eigenvalue weighted by Crippen LogP contribution is 2.20. The lowest BCUT2D eigenvalue weighted by molar-refractivity contribution is -0.122. The van der Waals surface area contributed by atoms with Crippen LogP contribution in [0.3, 0.4) is 0 Å². The average molecular weight is 458 g/mol. The Labute approximate surface area is 186 Å². The molecule has 0 bridgehead atoms. The summed E-state index contributed by atoms with van der Waals surface area (Å²) in [4.78, 5) is 24.8. The first-order valence-electron chi connectivity index (χ1n) is 10.9. The van der Waals surface area contributed by atoms with Crippen LogP contribution in [0.15, 0.2) is 62.6 Å². The van der Waals surface area contributed by atoms with E-state index in [1.807, 2.05) is 30.3 Å². The fraction of sp³-hybridized carbons (Fsp3) is 0.391. The summed E-state index contributed by atoms with van der Waals surface area (Å²) in [7, 11) is -3.80. The van der Waals surface area contributed by atoms with Crippen LogP contribution in [0.4, 0.5) is 0 Å². The summed E-state index contributed by atoms with van der Waals surface area (Å²) in [6.07, 6.45) is 6.45. The lowest BCUT2D eigenvalue weighted by Crippen LogP contribution is -2.38. The highest BCUT2D eigenvalue weighted by molar-refractivity contribution is 7.89. The number of carbonyl (C=O) groups is 1. The van der Waals surface area contributed by atoms with Gasteiger partial charge in [-0.15, -0.1) is 0 Å². The van der Waals surface area contributed by atoms with Crippen molar-refractivity contribution in [2.75, 3.05) is 0 Å². The monoisotopic (exact) mass is 457 g/mol. The van der Waals surface area contributed by atoms with E-state index in [9.17, 15) is 18.0 Å². The van der Waals surface area contributed by atoms with Crippen molar-refractivity contribution in [2.24, 2.45) is 0 Å². The van der Waals surface area contributed by atoms with Crippen LogP contribution >= 0.6 is 0 Å². The molecular weight excluding hydrogens is 430 g/mol. The smallest absolute Gasteiger partial charge is 0.408 e. The van der Waals surface area contributed by atoms with E-state index >= 15 is 0 Å². The molecule has 0 radical (unpaired) electrons. The number of amides is 1. The van der Waals surface area contributed by atoms with Gasteiger partial charge >= 0.3 is 5.76 Å². The molecule has 1 saturated carbocycles. The highest BCUT2D eigenvalue weighted by Gasteiger charge is 2.20. The molecule has 1 amide bonds. The molecule has 2 aromatic carbocycles. The van der Waals surface area contributed by atoms with Crippen LogP contribution in [0.25, 0.3) is 11.1 Å². The van der Waals surface area contributed by atoms with Gasteiger partial charge in [-0.05, 0) is 30.5 Å². The number of nitrogens with zero attached hydrogens (tertiary/aromatic N) is 1. The Hall–Kier alpha value is -2.91. The third-order valence-electron chi connectivity index (χ3n) is 5.78. The van der Waals surface area contributed by atoms with Crippen molar-refractivity contribution in [3.63, 3.8) is 0 Å². The second-order valence-electron chi connectivity index (χ2n) is 8.15. The molecule has 1 aromatic heterocycles. The Balaban J connectivity index is 1.48. The average Bonchev–Trinajstić information content (AvgIpc) is 2.93. The van der Waals surface area contributed by atoms with Gasteiger partial charge in [-0.2, -0.15) is 0 Å². The Bertz CT molecular complexity index is 1240. The van der Waals surface area contributed by atoms with Gasteiger partial charge in [0.15, 0.2) is 5.58 Å². The quantitative estimate of drug-likeness (QED) is 0.530. The Kier molecular flexibility index (Phi) is 6.76. The summed E-state index contributed by atoms with van der Waals surface area (Å²) in [6.45, 7) is -0.0196. The van der Waals surface area contributed by atoms with Crippen LogP contribution < -0.4 is 15.8 Å². The van der Waals surface area contributed by atoms with Gasteiger partial charge in [-0.3, -0.25) is 9.36 Å². The summed E-state index contributed by atoms with van der Waals surface area (Å²) in [5.74, 6) is -0.939. The third kappa shape index (κ3) is 5.28. The molecule has 8 nitrogen and oxygen atoms in total. The molecule has 32 heavy (non-hydrogen) atoms. The van der Waals surface area contributed by atoms with E-state index in [4.69, 9.17) is 4.42 Å². The number of nitrogens with one attached hydrogen (secondary N) is 2. The number of hydrogen-bond acceptors (Lipinski definition) is 5. The van der Waals surface area contributed by atoms with E-state index in [2.05, 4.69) is 10.0 Å². The Morgan fingerprint density at radius 1 is 1.03 bits per heavy atom. The molecule has 170 valence electrons. The highest BCUT2D eigenvalue weighted by atomic mass is 32.2. The van der Waals surface area contributed by atoms with E-state index in [0.717, 1.165) is 31.2 Å². The molecule has 0 saturated heterocycles. The number of oxazole rings is 1. The zero-order valence-electron chi connectivity index (χ0n) is 17.7. The van der Waals surface area contributed by atoms with Gasteiger partial charge < -0.3 is 9.73 Å². The molecule has 0 spiro atoms. The van der Waals surface area contributed by atoms with E-state index in [1.54, 1.807) is 0 Å². The number of hydrogen-bond donors (Lipinski definition) is 2. The van der Waals surface area contributed by atoms with Crippen LogP contribution in [0.2, 0.25) is 0 Å². The van der Waals surface area contributed by atoms with Crippen molar-refractivity contribution in [1.29, 1.82) is 0 Å². The molecule has 1 aliphatic carbocycles. The number of sulfonamides is 1. The minimum Gasteiger partial charge on any atom is -0.408 e. The van der Waals surface area contributed by atoms with Crippen molar-refractivity contribution in [3.8, 4) is 0 Å². The molecule has 1 aliphatic rings. The minimum absolute atomic E-state index is 0.00950.